The van der Waals surface area contributed by atoms with Crippen LogP contribution in [-0.2, 0) is 10.8 Å². The minimum absolute atomic E-state index is 0.0429. The van der Waals surface area contributed by atoms with Gasteiger partial charge in [0, 0.05) is 6.54 Å². The maximum Gasteiger partial charge on any atom is 0.123 e. The van der Waals surface area contributed by atoms with Crippen LogP contribution < -0.4 is 10.5 Å². The molecule has 0 aliphatic heterocycles. The number of nitrogens with two attached hydrogens (primary N) is 1. The Morgan fingerprint density at radius 3 is 1.85 bits per heavy atom. The largest absolute Gasteiger partial charge is 0.486 e. The van der Waals surface area contributed by atoms with E-state index in [1.807, 2.05) is 13.8 Å². The number of rotatable bonds is 3. The van der Waals surface area contributed by atoms with Gasteiger partial charge in [0.1, 0.15) is 11.4 Å². The van der Waals surface area contributed by atoms with Crippen molar-refractivity contribution in [1.82, 2.24) is 0 Å². The van der Waals surface area contributed by atoms with Gasteiger partial charge in [-0.05, 0) is 41.9 Å². The highest BCUT2D eigenvalue weighted by Crippen LogP contribution is 2.36. The summed E-state index contributed by atoms with van der Waals surface area (Å²) in [4.78, 5) is 0. The molecule has 1 rings (SSSR count). The molecule has 0 amide bonds. The quantitative estimate of drug-likeness (QED) is 0.889. The van der Waals surface area contributed by atoms with E-state index >= 15 is 0 Å². The zero-order valence-corrected chi connectivity index (χ0v) is 14.4. The van der Waals surface area contributed by atoms with Crippen molar-refractivity contribution < 1.29 is 4.74 Å². The second-order valence-electron chi connectivity index (χ2n) is 8.28. The molecule has 20 heavy (non-hydrogen) atoms. The summed E-state index contributed by atoms with van der Waals surface area (Å²) in [6.07, 6.45) is 0. The molecule has 0 aromatic heterocycles. The summed E-state index contributed by atoms with van der Waals surface area (Å²) in [5, 5.41) is 0. The van der Waals surface area contributed by atoms with Gasteiger partial charge >= 0.3 is 0 Å². The fourth-order valence-electron chi connectivity index (χ4n) is 2.01. The van der Waals surface area contributed by atoms with Crippen molar-refractivity contribution in [3.8, 4) is 5.75 Å². The Labute approximate surface area is 124 Å². The maximum absolute atomic E-state index is 6.15. The van der Waals surface area contributed by atoms with Crippen LogP contribution in [0.5, 0.6) is 5.75 Å². The predicted octanol–water partition coefficient (Wildman–Crippen LogP) is 4.40. The van der Waals surface area contributed by atoms with E-state index < -0.39 is 0 Å². The van der Waals surface area contributed by atoms with Gasteiger partial charge in [-0.25, -0.2) is 0 Å². The second kappa shape index (κ2) is 5.40. The molecule has 0 bridgehead atoms. The van der Waals surface area contributed by atoms with Crippen molar-refractivity contribution in [2.24, 2.45) is 5.73 Å². The number of hydrogen-bond donors (Lipinski definition) is 1. The number of hydrogen-bond acceptors (Lipinski definition) is 2. The Morgan fingerprint density at radius 2 is 1.45 bits per heavy atom. The molecule has 0 unspecified atom stereocenters. The summed E-state index contributed by atoms with van der Waals surface area (Å²) in [5.74, 6) is 0.945. The van der Waals surface area contributed by atoms with E-state index in [1.165, 1.54) is 11.1 Å². The summed E-state index contributed by atoms with van der Waals surface area (Å²) in [7, 11) is 0. The lowest BCUT2D eigenvalue weighted by Gasteiger charge is -2.31. The molecule has 0 heterocycles. The van der Waals surface area contributed by atoms with Gasteiger partial charge in [-0.1, -0.05) is 53.7 Å². The normalized spacial score (nSPS) is 13.4. The molecule has 2 heteroatoms. The first-order valence-electron chi connectivity index (χ1n) is 7.41. The molecule has 0 aliphatic rings. The van der Waals surface area contributed by atoms with Crippen molar-refractivity contribution >= 4 is 0 Å². The Hall–Kier alpha value is -1.02. The topological polar surface area (TPSA) is 35.2 Å². The van der Waals surface area contributed by atoms with E-state index in [2.05, 4.69) is 59.7 Å². The Kier molecular flexibility index (Phi) is 4.60. The molecular weight excluding hydrogens is 246 g/mol. The van der Waals surface area contributed by atoms with E-state index in [0.29, 0.717) is 6.54 Å². The van der Waals surface area contributed by atoms with E-state index in [1.54, 1.807) is 0 Å². The van der Waals surface area contributed by atoms with Crippen LogP contribution in [0.3, 0.4) is 0 Å². The molecule has 0 spiro atoms. The third-order valence-electron chi connectivity index (χ3n) is 3.53. The van der Waals surface area contributed by atoms with Gasteiger partial charge in [-0.2, -0.15) is 0 Å². The predicted molar refractivity (Wildman–Crippen MR) is 87.6 cm³/mol. The van der Waals surface area contributed by atoms with Gasteiger partial charge in [0.2, 0.25) is 0 Å². The van der Waals surface area contributed by atoms with E-state index in [4.69, 9.17) is 10.5 Å². The minimum Gasteiger partial charge on any atom is -0.486 e. The van der Waals surface area contributed by atoms with Gasteiger partial charge in [0.15, 0.2) is 0 Å². The minimum atomic E-state index is -0.344. The smallest absolute Gasteiger partial charge is 0.123 e. The van der Waals surface area contributed by atoms with Crippen molar-refractivity contribution in [2.45, 2.75) is 71.8 Å². The molecule has 0 aliphatic carbocycles. The molecule has 2 N–H and O–H groups in total. The van der Waals surface area contributed by atoms with Crippen LogP contribution in [0.1, 0.15) is 66.5 Å². The van der Waals surface area contributed by atoms with E-state index in [0.717, 1.165) is 5.75 Å². The van der Waals surface area contributed by atoms with Crippen LogP contribution in [0.15, 0.2) is 18.2 Å². The SMILES string of the molecule is CC(C)(CN)Oc1ccc(C(C)(C)C)cc1C(C)(C)C. The zero-order valence-electron chi connectivity index (χ0n) is 14.4. The number of benzene rings is 1. The molecule has 1 aromatic carbocycles. The molecule has 0 saturated carbocycles. The average Bonchev–Trinajstić information content (AvgIpc) is 2.26. The first kappa shape index (κ1) is 17.0. The van der Waals surface area contributed by atoms with Crippen LogP contribution in [-0.4, -0.2) is 12.1 Å². The van der Waals surface area contributed by atoms with Crippen molar-refractivity contribution in [3.63, 3.8) is 0 Å². The van der Waals surface area contributed by atoms with Crippen molar-refractivity contribution in [3.05, 3.63) is 29.3 Å². The fourth-order valence-corrected chi connectivity index (χ4v) is 2.01. The van der Waals surface area contributed by atoms with Gasteiger partial charge in [-0.15, -0.1) is 0 Å². The third kappa shape index (κ3) is 4.24. The first-order valence-corrected chi connectivity index (χ1v) is 7.41. The first-order chi connectivity index (χ1) is 8.87. The van der Waals surface area contributed by atoms with Crippen LogP contribution in [0.2, 0.25) is 0 Å². The molecule has 0 radical (unpaired) electrons. The third-order valence-corrected chi connectivity index (χ3v) is 3.53. The lowest BCUT2D eigenvalue weighted by atomic mass is 9.80. The second-order valence-corrected chi connectivity index (χ2v) is 8.28. The molecule has 2 nitrogen and oxygen atoms in total. The van der Waals surface area contributed by atoms with Gasteiger partial charge in [0.05, 0.1) is 0 Å². The average molecular weight is 277 g/mol. The molecule has 0 saturated heterocycles. The fraction of sp³-hybridized carbons (Fsp3) is 0.667. The van der Waals surface area contributed by atoms with Gasteiger partial charge < -0.3 is 10.5 Å². The summed E-state index contributed by atoms with van der Waals surface area (Å²) in [6.45, 7) is 17.9. The summed E-state index contributed by atoms with van der Waals surface area (Å²) < 4.78 is 6.15. The summed E-state index contributed by atoms with van der Waals surface area (Å²) >= 11 is 0. The summed E-state index contributed by atoms with van der Waals surface area (Å²) in [6, 6.07) is 6.54. The van der Waals surface area contributed by atoms with Crippen LogP contribution in [0.25, 0.3) is 0 Å². The van der Waals surface area contributed by atoms with Crippen LogP contribution in [0, 0.1) is 0 Å². The monoisotopic (exact) mass is 277 g/mol. The highest BCUT2D eigenvalue weighted by molar-refractivity contribution is 5.43. The molecule has 0 fully saturated rings. The van der Waals surface area contributed by atoms with Gasteiger partial charge in [0.25, 0.3) is 0 Å². The highest BCUT2D eigenvalue weighted by atomic mass is 16.5. The van der Waals surface area contributed by atoms with E-state index in [9.17, 15) is 0 Å². The number of ether oxygens (including phenoxy) is 1. The Bertz CT molecular complexity index is 461. The maximum atomic E-state index is 6.15. The van der Waals surface area contributed by atoms with Crippen molar-refractivity contribution in [1.29, 1.82) is 0 Å². The molecule has 114 valence electrons. The molecular formula is C18H31NO. The van der Waals surface area contributed by atoms with Crippen LogP contribution in [0.4, 0.5) is 0 Å². The van der Waals surface area contributed by atoms with Crippen LogP contribution >= 0.6 is 0 Å². The summed E-state index contributed by atoms with van der Waals surface area (Å²) in [5.41, 5.74) is 8.20. The Balaban J connectivity index is 3.32. The zero-order chi connectivity index (χ0) is 15.8. The van der Waals surface area contributed by atoms with Crippen molar-refractivity contribution in [2.75, 3.05) is 6.54 Å². The lowest BCUT2D eigenvalue weighted by molar-refractivity contribution is 0.116. The molecule has 0 atom stereocenters. The Morgan fingerprint density at radius 1 is 0.900 bits per heavy atom. The highest BCUT2D eigenvalue weighted by Gasteiger charge is 2.26. The standard InChI is InChI=1S/C18H31NO/c1-16(2,3)13-9-10-15(20-18(7,8)12-19)14(11-13)17(4,5)6/h9-11H,12,19H2,1-8H3. The lowest BCUT2D eigenvalue weighted by Crippen LogP contribution is -2.37. The van der Waals surface area contributed by atoms with E-state index in [-0.39, 0.29) is 16.4 Å². The molecule has 1 aromatic rings. The van der Waals surface area contributed by atoms with Gasteiger partial charge in [-0.3, -0.25) is 0 Å².